The van der Waals surface area contributed by atoms with Gasteiger partial charge in [-0.1, -0.05) is 87.1 Å². The molecule has 0 aromatic heterocycles. The SMILES string of the molecule is CCCCCCCCCCCCOC(=O)C(CC[S+](C)[O-])OC(=O)C(O)CC[S+](C)[O-]. The van der Waals surface area contributed by atoms with Crippen molar-refractivity contribution in [2.24, 2.45) is 0 Å². The largest absolute Gasteiger partial charge is 0.617 e. The molecular weight excluding hydrogens is 440 g/mol. The zero-order valence-corrected chi connectivity index (χ0v) is 21.1. The maximum Gasteiger partial charge on any atom is 0.347 e. The van der Waals surface area contributed by atoms with E-state index in [1.54, 1.807) is 0 Å². The summed E-state index contributed by atoms with van der Waals surface area (Å²) in [6.07, 6.45) is 12.1. The Morgan fingerprint density at radius 3 is 1.81 bits per heavy atom. The van der Waals surface area contributed by atoms with Crippen molar-refractivity contribution in [3.05, 3.63) is 0 Å². The summed E-state index contributed by atoms with van der Waals surface area (Å²) in [5, 5.41) is 9.83. The number of hydrogen-bond donors (Lipinski definition) is 1. The molecule has 0 aromatic carbocycles. The maximum absolute atomic E-state index is 12.3. The third kappa shape index (κ3) is 18.8. The minimum atomic E-state index is -1.45. The van der Waals surface area contributed by atoms with Gasteiger partial charge in [0.05, 0.1) is 19.1 Å². The number of hydrogen-bond acceptors (Lipinski definition) is 7. The van der Waals surface area contributed by atoms with Gasteiger partial charge in [0.1, 0.15) is 11.5 Å². The first kappa shape index (κ1) is 30.5. The van der Waals surface area contributed by atoms with Crippen LogP contribution in [0.2, 0.25) is 0 Å². The summed E-state index contributed by atoms with van der Waals surface area (Å²) in [4.78, 5) is 24.3. The highest BCUT2D eigenvalue weighted by molar-refractivity contribution is 7.90. The molecule has 184 valence electrons. The van der Waals surface area contributed by atoms with Gasteiger partial charge in [0.2, 0.25) is 6.10 Å². The Kier molecular flexibility index (Phi) is 19.8. The summed E-state index contributed by atoms with van der Waals surface area (Å²) in [5.74, 6) is -1.29. The molecule has 0 saturated heterocycles. The number of aliphatic hydroxyl groups excluding tert-OH is 1. The summed E-state index contributed by atoms with van der Waals surface area (Å²) in [6, 6.07) is 0. The Morgan fingerprint density at radius 1 is 0.806 bits per heavy atom. The van der Waals surface area contributed by atoms with Crippen molar-refractivity contribution in [2.75, 3.05) is 30.6 Å². The minimum Gasteiger partial charge on any atom is -0.617 e. The van der Waals surface area contributed by atoms with E-state index in [-0.39, 0.29) is 31.0 Å². The summed E-state index contributed by atoms with van der Waals surface area (Å²) in [7, 11) is 0. The molecule has 9 heteroatoms. The third-order valence-electron chi connectivity index (χ3n) is 4.88. The Morgan fingerprint density at radius 2 is 1.29 bits per heavy atom. The molecule has 4 unspecified atom stereocenters. The van der Waals surface area contributed by atoms with Crippen molar-refractivity contribution in [2.45, 2.75) is 96.2 Å². The number of ether oxygens (including phenoxy) is 2. The molecular formula is C22H42O7S2. The van der Waals surface area contributed by atoms with Crippen LogP contribution >= 0.6 is 0 Å². The second-order valence-corrected chi connectivity index (χ2v) is 11.0. The summed E-state index contributed by atoms with van der Waals surface area (Å²) in [6.45, 7) is 2.46. The summed E-state index contributed by atoms with van der Waals surface area (Å²) >= 11 is -2.30. The molecule has 4 atom stereocenters. The number of rotatable bonds is 20. The lowest BCUT2D eigenvalue weighted by atomic mass is 10.1. The van der Waals surface area contributed by atoms with Crippen LogP contribution in [0.3, 0.4) is 0 Å². The number of carbonyl (C=O) groups is 2. The molecule has 0 aromatic rings. The van der Waals surface area contributed by atoms with Gasteiger partial charge < -0.3 is 23.7 Å². The van der Waals surface area contributed by atoms with E-state index in [4.69, 9.17) is 9.47 Å². The van der Waals surface area contributed by atoms with Crippen molar-refractivity contribution >= 4 is 34.3 Å². The molecule has 0 aliphatic heterocycles. The van der Waals surface area contributed by atoms with Gasteiger partial charge in [-0.05, 0) is 6.42 Å². The number of carbonyl (C=O) groups excluding carboxylic acids is 2. The summed E-state index contributed by atoms with van der Waals surface area (Å²) in [5.41, 5.74) is 0. The van der Waals surface area contributed by atoms with E-state index in [2.05, 4.69) is 6.92 Å². The van der Waals surface area contributed by atoms with Crippen molar-refractivity contribution in [3.8, 4) is 0 Å². The highest BCUT2D eigenvalue weighted by Crippen LogP contribution is 2.12. The lowest BCUT2D eigenvalue weighted by molar-refractivity contribution is -0.173. The van der Waals surface area contributed by atoms with Gasteiger partial charge in [0, 0.05) is 12.8 Å². The van der Waals surface area contributed by atoms with Gasteiger partial charge in [-0.2, -0.15) is 0 Å². The molecule has 0 rings (SSSR count). The number of esters is 2. The first-order valence-electron chi connectivity index (χ1n) is 11.4. The Bertz CT molecular complexity index is 461. The minimum absolute atomic E-state index is 0.0119. The van der Waals surface area contributed by atoms with Gasteiger partial charge in [0.15, 0.2) is 6.10 Å². The standard InChI is InChI=1S/C22H42O7S2/c1-4-5-6-7-8-9-10-11-12-13-16-28-22(25)20(15-18-31(3)27)29-21(24)19(23)14-17-30(2)26/h19-20,23H,4-18H2,1-3H3. The Balaban J connectivity index is 4.16. The van der Waals surface area contributed by atoms with Crippen LogP contribution in [-0.4, -0.2) is 69.0 Å². The van der Waals surface area contributed by atoms with E-state index in [0.29, 0.717) is 0 Å². The normalized spacial score (nSPS) is 15.2. The Hall–Kier alpha value is -0.480. The molecule has 1 N–H and O–H groups in total. The van der Waals surface area contributed by atoms with E-state index < -0.39 is 46.5 Å². The lowest BCUT2D eigenvalue weighted by Crippen LogP contribution is -2.36. The van der Waals surface area contributed by atoms with Crippen molar-refractivity contribution in [1.82, 2.24) is 0 Å². The number of aliphatic hydroxyl groups is 1. The van der Waals surface area contributed by atoms with Crippen LogP contribution in [0.1, 0.15) is 84.0 Å². The van der Waals surface area contributed by atoms with Crippen LogP contribution in [-0.2, 0) is 41.4 Å². The molecule has 0 heterocycles. The van der Waals surface area contributed by atoms with Crippen molar-refractivity contribution in [1.29, 1.82) is 0 Å². The molecule has 0 aliphatic rings. The van der Waals surface area contributed by atoms with Gasteiger partial charge in [-0.3, -0.25) is 0 Å². The van der Waals surface area contributed by atoms with Gasteiger partial charge in [-0.25, -0.2) is 9.59 Å². The highest BCUT2D eigenvalue weighted by atomic mass is 32.2. The van der Waals surface area contributed by atoms with Crippen LogP contribution in [0.4, 0.5) is 0 Å². The van der Waals surface area contributed by atoms with Gasteiger partial charge >= 0.3 is 11.9 Å². The van der Waals surface area contributed by atoms with Crippen molar-refractivity contribution in [3.63, 3.8) is 0 Å². The van der Waals surface area contributed by atoms with Crippen LogP contribution in [0.5, 0.6) is 0 Å². The molecule has 0 fully saturated rings. The second-order valence-electron chi connectivity index (χ2n) is 7.92. The fourth-order valence-corrected chi connectivity index (χ4v) is 4.07. The predicted molar refractivity (Wildman–Crippen MR) is 126 cm³/mol. The summed E-state index contributed by atoms with van der Waals surface area (Å²) < 4.78 is 32.8. The third-order valence-corrected chi connectivity index (χ3v) is 6.50. The van der Waals surface area contributed by atoms with Crippen LogP contribution in [0, 0.1) is 0 Å². The molecule has 0 bridgehead atoms. The molecule has 0 saturated carbocycles. The van der Waals surface area contributed by atoms with E-state index in [9.17, 15) is 23.8 Å². The molecule has 0 radical (unpaired) electrons. The second kappa shape index (κ2) is 20.1. The van der Waals surface area contributed by atoms with Crippen molar-refractivity contribution < 1.29 is 33.3 Å². The molecule has 0 aliphatic carbocycles. The van der Waals surface area contributed by atoms with Crippen LogP contribution in [0.25, 0.3) is 0 Å². The van der Waals surface area contributed by atoms with Crippen LogP contribution in [0.15, 0.2) is 0 Å². The maximum atomic E-state index is 12.3. The fourth-order valence-electron chi connectivity index (χ4n) is 2.97. The average Bonchev–Trinajstić information content (AvgIpc) is 2.72. The van der Waals surface area contributed by atoms with E-state index >= 15 is 0 Å². The molecule has 0 amide bonds. The van der Waals surface area contributed by atoms with Gasteiger partial charge in [-0.15, -0.1) is 0 Å². The molecule has 0 spiro atoms. The zero-order chi connectivity index (χ0) is 23.5. The van der Waals surface area contributed by atoms with Gasteiger partial charge in [0.25, 0.3) is 0 Å². The fraction of sp³-hybridized carbons (Fsp3) is 0.909. The number of unbranched alkanes of at least 4 members (excludes halogenated alkanes) is 9. The highest BCUT2D eigenvalue weighted by Gasteiger charge is 2.29. The first-order valence-corrected chi connectivity index (χ1v) is 14.9. The Labute approximate surface area is 194 Å². The monoisotopic (exact) mass is 482 g/mol. The zero-order valence-electron chi connectivity index (χ0n) is 19.5. The predicted octanol–water partition coefficient (Wildman–Crippen LogP) is 3.26. The molecule has 7 nitrogen and oxygen atoms in total. The quantitative estimate of drug-likeness (QED) is 0.161. The van der Waals surface area contributed by atoms with E-state index in [1.165, 1.54) is 57.5 Å². The average molecular weight is 483 g/mol. The van der Waals surface area contributed by atoms with E-state index in [0.717, 1.165) is 19.3 Å². The topological polar surface area (TPSA) is 119 Å². The first-order chi connectivity index (χ1) is 14.8. The van der Waals surface area contributed by atoms with Crippen LogP contribution < -0.4 is 0 Å². The molecule has 31 heavy (non-hydrogen) atoms. The smallest absolute Gasteiger partial charge is 0.347 e. The lowest BCUT2D eigenvalue weighted by Gasteiger charge is -2.19. The van der Waals surface area contributed by atoms with E-state index in [1.807, 2.05) is 0 Å².